The molecule has 0 unspecified atom stereocenters. The lowest BCUT2D eigenvalue weighted by atomic mass is 10.2. The van der Waals surface area contributed by atoms with E-state index in [0.717, 1.165) is 5.52 Å². The van der Waals surface area contributed by atoms with Gasteiger partial charge in [-0.1, -0.05) is 6.07 Å². The average Bonchev–Trinajstić information content (AvgIpc) is 2.40. The zero-order chi connectivity index (χ0) is 8.55. The van der Waals surface area contributed by atoms with Gasteiger partial charge in [-0.15, -0.1) is 0 Å². The first-order valence-electron chi connectivity index (χ1n) is 3.58. The normalized spacial score (nSPS) is 9.92. The summed E-state index contributed by atoms with van der Waals surface area (Å²) in [7, 11) is 0. The molecule has 2 N–H and O–H groups in total. The highest BCUT2D eigenvalue weighted by Gasteiger charge is 2.04. The number of nitrogens with two attached hydrogens (primary N) is 1. The summed E-state index contributed by atoms with van der Waals surface area (Å²) in [5, 5.41) is 8.76. The molecule has 3 nitrogen and oxygen atoms in total. The van der Waals surface area contributed by atoms with Gasteiger partial charge in [-0.05, 0) is 12.1 Å². The quantitative estimate of drug-likeness (QED) is 0.628. The van der Waals surface area contributed by atoms with Crippen molar-refractivity contribution in [2.24, 2.45) is 0 Å². The van der Waals surface area contributed by atoms with E-state index in [4.69, 9.17) is 11.0 Å². The van der Waals surface area contributed by atoms with Crippen molar-refractivity contribution >= 4 is 11.2 Å². The molecule has 0 bridgehead atoms. The fourth-order valence-electron chi connectivity index (χ4n) is 1.26. The van der Waals surface area contributed by atoms with Gasteiger partial charge in [0.2, 0.25) is 0 Å². The summed E-state index contributed by atoms with van der Waals surface area (Å²) in [6.45, 7) is 0. The van der Waals surface area contributed by atoms with Crippen molar-refractivity contribution in [1.29, 1.82) is 5.26 Å². The summed E-state index contributed by atoms with van der Waals surface area (Å²) in [6.07, 6.45) is 3.61. The zero-order valence-electron chi connectivity index (χ0n) is 6.36. The van der Waals surface area contributed by atoms with Gasteiger partial charge in [-0.2, -0.15) is 5.26 Å². The largest absolute Gasteiger partial charge is 0.396 e. The molecular weight excluding hydrogens is 150 g/mol. The van der Waals surface area contributed by atoms with E-state index in [0.29, 0.717) is 11.3 Å². The highest BCUT2D eigenvalue weighted by molar-refractivity contribution is 5.72. The smallest absolute Gasteiger partial charge is 0.104 e. The Morgan fingerprint density at radius 1 is 1.42 bits per heavy atom. The average molecular weight is 157 g/mol. The third-order valence-electron chi connectivity index (χ3n) is 1.82. The number of hydrogen-bond donors (Lipinski definition) is 1. The summed E-state index contributed by atoms with van der Waals surface area (Å²) in [4.78, 5) is 0. The van der Waals surface area contributed by atoms with Gasteiger partial charge in [0.1, 0.15) is 11.6 Å². The van der Waals surface area contributed by atoms with E-state index in [-0.39, 0.29) is 0 Å². The van der Waals surface area contributed by atoms with Gasteiger partial charge in [-0.3, -0.25) is 0 Å². The lowest BCUT2D eigenvalue weighted by molar-refractivity contribution is 1.20. The molecule has 0 aliphatic carbocycles. The predicted octanol–water partition coefficient (Wildman–Crippen LogP) is 1.39. The summed E-state index contributed by atoms with van der Waals surface area (Å²) in [5.41, 5.74) is 7.56. The van der Waals surface area contributed by atoms with E-state index in [1.165, 1.54) is 0 Å². The molecule has 3 heteroatoms. The Hall–Kier alpha value is -1.95. The minimum absolute atomic E-state index is 0.531. The van der Waals surface area contributed by atoms with Crippen molar-refractivity contribution in [3.63, 3.8) is 0 Å². The molecule has 0 aliphatic rings. The van der Waals surface area contributed by atoms with Crippen LogP contribution in [0.15, 0.2) is 30.6 Å². The van der Waals surface area contributed by atoms with Crippen molar-refractivity contribution in [1.82, 2.24) is 4.40 Å². The van der Waals surface area contributed by atoms with E-state index < -0.39 is 0 Å². The first kappa shape index (κ1) is 6.74. The Labute approximate surface area is 69.6 Å². The fraction of sp³-hybridized carbons (Fsp3) is 0. The second-order valence-corrected chi connectivity index (χ2v) is 2.56. The van der Waals surface area contributed by atoms with Crippen LogP contribution in [-0.2, 0) is 0 Å². The first-order valence-corrected chi connectivity index (χ1v) is 3.58. The van der Waals surface area contributed by atoms with Crippen molar-refractivity contribution in [2.75, 3.05) is 5.73 Å². The highest BCUT2D eigenvalue weighted by atomic mass is 14.9. The Balaban J connectivity index is 2.93. The molecule has 0 radical (unpaired) electrons. The van der Waals surface area contributed by atoms with Crippen molar-refractivity contribution in [2.45, 2.75) is 0 Å². The molecule has 0 aromatic carbocycles. The molecule has 58 valence electrons. The molecule has 12 heavy (non-hydrogen) atoms. The van der Waals surface area contributed by atoms with Crippen molar-refractivity contribution in [3.05, 3.63) is 36.2 Å². The number of aromatic nitrogens is 1. The van der Waals surface area contributed by atoms with E-state index in [9.17, 15) is 0 Å². The second-order valence-electron chi connectivity index (χ2n) is 2.56. The topological polar surface area (TPSA) is 54.2 Å². The maximum absolute atomic E-state index is 8.76. The SMILES string of the molecule is N#Cc1c(N)cn2ccccc12. The van der Waals surface area contributed by atoms with Gasteiger partial charge < -0.3 is 10.1 Å². The van der Waals surface area contributed by atoms with Gasteiger partial charge in [0, 0.05) is 12.4 Å². The predicted molar refractivity (Wildman–Crippen MR) is 46.5 cm³/mol. The van der Waals surface area contributed by atoms with E-state index in [1.54, 1.807) is 6.20 Å². The van der Waals surface area contributed by atoms with Gasteiger partial charge in [-0.25, -0.2) is 0 Å². The maximum atomic E-state index is 8.76. The summed E-state index contributed by atoms with van der Waals surface area (Å²) < 4.78 is 1.84. The van der Waals surface area contributed by atoms with Crippen molar-refractivity contribution < 1.29 is 0 Å². The van der Waals surface area contributed by atoms with E-state index in [1.807, 2.05) is 28.8 Å². The monoisotopic (exact) mass is 157 g/mol. The number of anilines is 1. The molecular formula is C9H7N3. The van der Waals surface area contributed by atoms with E-state index in [2.05, 4.69) is 6.07 Å². The Kier molecular flexibility index (Phi) is 1.28. The Morgan fingerprint density at radius 2 is 2.25 bits per heavy atom. The molecule has 0 atom stereocenters. The first-order chi connectivity index (χ1) is 5.83. The fourth-order valence-corrected chi connectivity index (χ4v) is 1.26. The number of nitrogen functional groups attached to an aromatic ring is 1. The number of pyridine rings is 1. The van der Waals surface area contributed by atoms with Gasteiger partial charge in [0.15, 0.2) is 0 Å². The molecule has 2 heterocycles. The minimum Gasteiger partial charge on any atom is -0.396 e. The van der Waals surface area contributed by atoms with Crippen LogP contribution < -0.4 is 5.73 Å². The summed E-state index contributed by atoms with van der Waals surface area (Å²) >= 11 is 0. The molecule has 2 aromatic rings. The lowest BCUT2D eigenvalue weighted by Gasteiger charge is -1.90. The lowest BCUT2D eigenvalue weighted by Crippen LogP contribution is -1.82. The molecule has 2 rings (SSSR count). The number of nitrogens with zero attached hydrogens (tertiary/aromatic N) is 2. The van der Waals surface area contributed by atoms with Gasteiger partial charge in [0.25, 0.3) is 0 Å². The van der Waals surface area contributed by atoms with Crippen LogP contribution in [0.25, 0.3) is 5.52 Å². The minimum atomic E-state index is 0.531. The van der Waals surface area contributed by atoms with Crippen LogP contribution in [0.4, 0.5) is 5.69 Å². The standard InChI is InChI=1S/C9H7N3/c10-5-7-8(11)6-12-4-2-1-3-9(7)12/h1-4,6H,11H2. The second kappa shape index (κ2) is 2.28. The number of hydrogen-bond acceptors (Lipinski definition) is 2. The van der Waals surface area contributed by atoms with Crippen LogP contribution in [-0.4, -0.2) is 4.40 Å². The molecule has 0 saturated carbocycles. The van der Waals surface area contributed by atoms with Gasteiger partial charge >= 0.3 is 0 Å². The molecule has 0 saturated heterocycles. The Bertz CT molecular complexity index is 462. The van der Waals surface area contributed by atoms with Crippen LogP contribution >= 0.6 is 0 Å². The molecule has 0 spiro atoms. The van der Waals surface area contributed by atoms with Crippen LogP contribution in [0.1, 0.15) is 5.56 Å². The van der Waals surface area contributed by atoms with Crippen LogP contribution in [0, 0.1) is 11.3 Å². The zero-order valence-corrected chi connectivity index (χ0v) is 6.36. The maximum Gasteiger partial charge on any atom is 0.104 e. The number of rotatable bonds is 0. The van der Waals surface area contributed by atoms with Crippen LogP contribution in [0.3, 0.4) is 0 Å². The third kappa shape index (κ3) is 0.753. The van der Waals surface area contributed by atoms with Crippen LogP contribution in [0.5, 0.6) is 0 Å². The van der Waals surface area contributed by atoms with Gasteiger partial charge in [0.05, 0.1) is 11.2 Å². The summed E-state index contributed by atoms with van der Waals surface area (Å²) in [6, 6.07) is 7.72. The van der Waals surface area contributed by atoms with E-state index >= 15 is 0 Å². The molecule has 0 fully saturated rings. The van der Waals surface area contributed by atoms with Crippen LogP contribution in [0.2, 0.25) is 0 Å². The molecule has 0 aliphatic heterocycles. The third-order valence-corrected chi connectivity index (χ3v) is 1.82. The Morgan fingerprint density at radius 3 is 3.00 bits per heavy atom. The molecule has 2 aromatic heterocycles. The number of nitriles is 1. The van der Waals surface area contributed by atoms with Crippen molar-refractivity contribution in [3.8, 4) is 6.07 Å². The summed E-state index contributed by atoms with van der Waals surface area (Å²) in [5.74, 6) is 0. The highest BCUT2D eigenvalue weighted by Crippen LogP contribution is 2.18. The molecule has 0 amide bonds. The number of fused-ring (bicyclic) bond motifs is 1.